The highest BCUT2D eigenvalue weighted by atomic mass is 35.5. The lowest BCUT2D eigenvalue weighted by molar-refractivity contribution is 0.102. The normalized spacial score (nSPS) is 11.2. The Labute approximate surface area is 176 Å². The van der Waals surface area contributed by atoms with Gasteiger partial charge in [-0.05, 0) is 67.4 Å². The van der Waals surface area contributed by atoms with Crippen molar-refractivity contribution < 1.29 is 13.2 Å². The lowest BCUT2D eigenvalue weighted by atomic mass is 10.1. The summed E-state index contributed by atoms with van der Waals surface area (Å²) >= 11 is 6.10. The Morgan fingerprint density at radius 3 is 2.31 bits per heavy atom. The van der Waals surface area contributed by atoms with Gasteiger partial charge in [0.05, 0.1) is 10.6 Å². The Kier molecular flexibility index (Phi) is 5.96. The number of carbonyl (C=O) groups excluding carboxylic acids is 1. The van der Waals surface area contributed by atoms with Crippen LogP contribution in [-0.4, -0.2) is 21.4 Å². The Morgan fingerprint density at radius 1 is 0.966 bits per heavy atom. The molecule has 29 heavy (non-hydrogen) atoms. The van der Waals surface area contributed by atoms with Crippen molar-refractivity contribution in [3.63, 3.8) is 0 Å². The quantitative estimate of drug-likeness (QED) is 0.619. The van der Waals surface area contributed by atoms with Gasteiger partial charge in [0.15, 0.2) is 0 Å². The van der Waals surface area contributed by atoms with Crippen LogP contribution >= 0.6 is 11.6 Å². The molecule has 0 fully saturated rings. The predicted molar refractivity (Wildman–Crippen MR) is 117 cm³/mol. The number of rotatable bonds is 5. The molecule has 0 aliphatic heterocycles. The van der Waals surface area contributed by atoms with Crippen LogP contribution in [0, 0.1) is 13.8 Å². The van der Waals surface area contributed by atoms with Gasteiger partial charge >= 0.3 is 0 Å². The topological polar surface area (TPSA) is 66.5 Å². The second-order valence-electron chi connectivity index (χ2n) is 6.65. The summed E-state index contributed by atoms with van der Waals surface area (Å²) in [6.07, 6.45) is 0. The first-order valence-electron chi connectivity index (χ1n) is 8.93. The SMILES string of the molecule is Cc1cc(C(=O)Nc2cccc(Cl)c2C)ccc1N(C)S(=O)(=O)c1ccccc1. The molecule has 1 amide bonds. The van der Waals surface area contributed by atoms with Crippen LogP contribution in [0.5, 0.6) is 0 Å². The maximum absolute atomic E-state index is 12.8. The number of carbonyl (C=O) groups is 1. The molecule has 0 spiro atoms. The number of nitrogens with zero attached hydrogens (tertiary/aromatic N) is 1. The van der Waals surface area contributed by atoms with Crippen LogP contribution in [0.3, 0.4) is 0 Å². The van der Waals surface area contributed by atoms with Gasteiger partial charge in [0.1, 0.15) is 0 Å². The molecule has 5 nitrogen and oxygen atoms in total. The van der Waals surface area contributed by atoms with E-state index in [0.717, 1.165) is 5.56 Å². The van der Waals surface area contributed by atoms with Gasteiger partial charge in [-0.1, -0.05) is 35.9 Å². The maximum Gasteiger partial charge on any atom is 0.264 e. The highest BCUT2D eigenvalue weighted by Gasteiger charge is 2.22. The van der Waals surface area contributed by atoms with Crippen LogP contribution in [-0.2, 0) is 10.0 Å². The molecule has 3 aromatic rings. The van der Waals surface area contributed by atoms with Gasteiger partial charge in [0.2, 0.25) is 0 Å². The van der Waals surface area contributed by atoms with E-state index in [-0.39, 0.29) is 10.8 Å². The molecule has 3 rings (SSSR count). The van der Waals surface area contributed by atoms with E-state index in [1.165, 1.54) is 11.4 Å². The van der Waals surface area contributed by atoms with Crippen LogP contribution in [0.15, 0.2) is 71.6 Å². The Bertz CT molecular complexity index is 1160. The molecule has 0 atom stereocenters. The maximum atomic E-state index is 12.8. The minimum atomic E-state index is -3.69. The number of sulfonamides is 1. The summed E-state index contributed by atoms with van der Waals surface area (Å²) in [5, 5.41) is 3.42. The molecule has 0 saturated heterocycles. The summed E-state index contributed by atoms with van der Waals surface area (Å²) in [5.74, 6) is -0.293. The van der Waals surface area contributed by atoms with E-state index in [9.17, 15) is 13.2 Å². The summed E-state index contributed by atoms with van der Waals surface area (Å²) in [6.45, 7) is 3.60. The number of hydrogen-bond acceptors (Lipinski definition) is 3. The standard InChI is InChI=1S/C22H21ClN2O3S/c1-15-14-17(22(26)24-20-11-7-10-19(23)16(20)2)12-13-21(15)25(3)29(27,28)18-8-5-4-6-9-18/h4-14H,1-3H3,(H,24,26). The van der Waals surface area contributed by atoms with E-state index < -0.39 is 10.0 Å². The van der Waals surface area contributed by atoms with Crippen LogP contribution in [0.1, 0.15) is 21.5 Å². The van der Waals surface area contributed by atoms with Crippen molar-refractivity contribution in [1.29, 1.82) is 0 Å². The molecule has 0 aliphatic rings. The molecular weight excluding hydrogens is 408 g/mol. The molecule has 1 N–H and O–H groups in total. The third kappa shape index (κ3) is 4.28. The average molecular weight is 429 g/mol. The number of nitrogens with one attached hydrogen (secondary N) is 1. The van der Waals surface area contributed by atoms with E-state index in [4.69, 9.17) is 11.6 Å². The molecule has 0 unspecified atom stereocenters. The number of hydrogen-bond donors (Lipinski definition) is 1. The molecule has 0 heterocycles. The van der Waals surface area contributed by atoms with E-state index in [1.807, 2.05) is 6.92 Å². The number of benzene rings is 3. The van der Waals surface area contributed by atoms with Crippen molar-refractivity contribution in [1.82, 2.24) is 0 Å². The largest absolute Gasteiger partial charge is 0.322 e. The van der Waals surface area contributed by atoms with E-state index in [1.54, 1.807) is 73.7 Å². The van der Waals surface area contributed by atoms with Crippen molar-refractivity contribution >= 4 is 38.9 Å². The lowest BCUT2D eigenvalue weighted by Crippen LogP contribution is -2.27. The Hall–Kier alpha value is -2.83. The fraction of sp³-hybridized carbons (Fsp3) is 0.136. The van der Waals surface area contributed by atoms with Gasteiger partial charge in [0, 0.05) is 23.3 Å². The van der Waals surface area contributed by atoms with E-state index in [0.29, 0.717) is 27.5 Å². The molecule has 0 bridgehead atoms. The smallest absolute Gasteiger partial charge is 0.264 e. The lowest BCUT2D eigenvalue weighted by Gasteiger charge is -2.22. The highest BCUT2D eigenvalue weighted by molar-refractivity contribution is 7.92. The molecule has 0 radical (unpaired) electrons. The minimum absolute atomic E-state index is 0.208. The third-order valence-corrected chi connectivity index (χ3v) is 6.91. The summed E-state index contributed by atoms with van der Waals surface area (Å²) in [4.78, 5) is 12.9. The number of aryl methyl sites for hydroxylation is 1. The summed E-state index contributed by atoms with van der Waals surface area (Å²) in [6, 6.07) is 18.4. The molecule has 150 valence electrons. The molecule has 3 aromatic carbocycles. The van der Waals surface area contributed by atoms with E-state index in [2.05, 4.69) is 5.32 Å². The summed E-state index contributed by atoms with van der Waals surface area (Å²) in [7, 11) is -2.19. The van der Waals surface area contributed by atoms with Gasteiger partial charge in [-0.2, -0.15) is 0 Å². The predicted octanol–water partition coefficient (Wildman–Crippen LogP) is 5.03. The van der Waals surface area contributed by atoms with Gasteiger partial charge in [-0.3, -0.25) is 9.10 Å². The van der Waals surface area contributed by atoms with Crippen LogP contribution in [0.4, 0.5) is 11.4 Å². The van der Waals surface area contributed by atoms with Crippen molar-refractivity contribution in [2.45, 2.75) is 18.7 Å². The second kappa shape index (κ2) is 8.27. The zero-order chi connectivity index (χ0) is 21.2. The first-order chi connectivity index (χ1) is 13.7. The average Bonchev–Trinajstić information content (AvgIpc) is 2.71. The second-order valence-corrected chi connectivity index (χ2v) is 9.03. The first-order valence-corrected chi connectivity index (χ1v) is 10.7. The molecule has 7 heteroatoms. The van der Waals surface area contributed by atoms with Gasteiger partial charge in [-0.15, -0.1) is 0 Å². The van der Waals surface area contributed by atoms with Crippen LogP contribution < -0.4 is 9.62 Å². The van der Waals surface area contributed by atoms with Gasteiger partial charge in [-0.25, -0.2) is 8.42 Å². The minimum Gasteiger partial charge on any atom is -0.322 e. The molecule has 0 aromatic heterocycles. The van der Waals surface area contributed by atoms with Crippen molar-refractivity contribution in [3.8, 4) is 0 Å². The Morgan fingerprint density at radius 2 is 1.66 bits per heavy atom. The van der Waals surface area contributed by atoms with Gasteiger partial charge < -0.3 is 5.32 Å². The fourth-order valence-corrected chi connectivity index (χ4v) is 4.42. The third-order valence-electron chi connectivity index (χ3n) is 4.72. The fourth-order valence-electron chi connectivity index (χ4n) is 2.97. The van der Waals surface area contributed by atoms with Gasteiger partial charge in [0.25, 0.3) is 15.9 Å². The number of amides is 1. The van der Waals surface area contributed by atoms with Crippen LogP contribution in [0.2, 0.25) is 5.02 Å². The number of anilines is 2. The van der Waals surface area contributed by atoms with E-state index >= 15 is 0 Å². The molecule has 0 aliphatic carbocycles. The van der Waals surface area contributed by atoms with Crippen molar-refractivity contribution in [3.05, 3.63) is 88.4 Å². The summed E-state index contributed by atoms with van der Waals surface area (Å²) < 4.78 is 26.9. The number of halogens is 1. The van der Waals surface area contributed by atoms with Crippen molar-refractivity contribution in [2.24, 2.45) is 0 Å². The zero-order valence-electron chi connectivity index (χ0n) is 16.3. The summed E-state index contributed by atoms with van der Waals surface area (Å²) in [5.41, 5.74) is 3.01. The highest BCUT2D eigenvalue weighted by Crippen LogP contribution is 2.27. The zero-order valence-corrected chi connectivity index (χ0v) is 17.9. The molecule has 0 saturated carbocycles. The van der Waals surface area contributed by atoms with Crippen molar-refractivity contribution in [2.75, 3.05) is 16.7 Å². The molecular formula is C22H21ClN2O3S. The monoisotopic (exact) mass is 428 g/mol. The first kappa shape index (κ1) is 20.9. The Balaban J connectivity index is 1.86. The van der Waals surface area contributed by atoms with Crippen LogP contribution in [0.25, 0.3) is 0 Å².